The van der Waals surface area contributed by atoms with Crippen LogP contribution in [0.2, 0.25) is 0 Å². The average molecular weight is 143 g/mol. The molecule has 0 aliphatic rings. The van der Waals surface area contributed by atoms with Crippen LogP contribution in [0.3, 0.4) is 0 Å². The molecule has 0 aliphatic carbocycles. The van der Waals surface area contributed by atoms with E-state index in [1.165, 1.54) is 4.57 Å². The van der Waals surface area contributed by atoms with Crippen molar-refractivity contribution in [3.05, 3.63) is 22.0 Å². The summed E-state index contributed by atoms with van der Waals surface area (Å²) in [7, 11) is 1.56. The summed E-state index contributed by atoms with van der Waals surface area (Å²) in [5.74, 6) is 0.0524. The van der Waals surface area contributed by atoms with E-state index in [1.807, 2.05) is 0 Å². The molecule has 0 saturated heterocycles. The van der Waals surface area contributed by atoms with E-state index in [0.717, 1.165) is 0 Å². The zero-order valence-corrected chi connectivity index (χ0v) is 5.92. The Morgan fingerprint density at radius 3 is 2.50 bits per heavy atom. The third-order valence-electron chi connectivity index (χ3n) is 1.48. The lowest BCUT2D eigenvalue weighted by Crippen LogP contribution is -2.11. The monoisotopic (exact) mass is 143 g/mol. The van der Waals surface area contributed by atoms with Crippen LogP contribution in [0.25, 0.3) is 0 Å². The second-order valence-electron chi connectivity index (χ2n) is 2.09. The van der Waals surface area contributed by atoms with Crippen molar-refractivity contribution in [2.24, 2.45) is 7.05 Å². The Balaban J connectivity index is 3.34. The third-order valence-corrected chi connectivity index (χ3v) is 1.48. The molecule has 56 valence electrons. The Hall–Kier alpha value is -1.03. The van der Waals surface area contributed by atoms with E-state index in [4.69, 9.17) is 5.11 Å². The maximum absolute atomic E-state index is 10.7. The molecule has 1 aromatic heterocycles. The van der Waals surface area contributed by atoms with Crippen molar-refractivity contribution in [1.29, 1.82) is 0 Å². The molecule has 0 bridgehead atoms. The number of rotatable bonds is 1. The van der Waals surface area contributed by atoms with Crippen molar-refractivity contribution in [1.82, 2.24) is 4.57 Å². The SMILES string of the molecule is Cc1oc(=O)n(C)c1CO. The Morgan fingerprint density at radius 1 is 1.70 bits per heavy atom. The van der Waals surface area contributed by atoms with Crippen molar-refractivity contribution < 1.29 is 9.52 Å². The summed E-state index contributed by atoms with van der Waals surface area (Å²) in [6.45, 7) is 1.49. The van der Waals surface area contributed by atoms with E-state index in [-0.39, 0.29) is 6.61 Å². The van der Waals surface area contributed by atoms with Crippen LogP contribution in [0.4, 0.5) is 0 Å². The fourth-order valence-electron chi connectivity index (χ4n) is 0.822. The first-order valence-corrected chi connectivity index (χ1v) is 2.93. The molecule has 0 amide bonds. The highest BCUT2D eigenvalue weighted by Gasteiger charge is 2.07. The van der Waals surface area contributed by atoms with Crippen molar-refractivity contribution in [2.45, 2.75) is 13.5 Å². The number of aliphatic hydroxyl groups is 1. The molecule has 1 N–H and O–H groups in total. The fourth-order valence-corrected chi connectivity index (χ4v) is 0.822. The summed E-state index contributed by atoms with van der Waals surface area (Å²) in [5.41, 5.74) is 0.532. The lowest BCUT2D eigenvalue weighted by Gasteiger charge is -1.92. The maximum Gasteiger partial charge on any atom is 0.419 e. The van der Waals surface area contributed by atoms with Gasteiger partial charge in [-0.2, -0.15) is 0 Å². The molecule has 0 fully saturated rings. The number of oxazole rings is 1. The molecule has 4 heteroatoms. The Labute approximate surface area is 57.7 Å². The van der Waals surface area contributed by atoms with Gasteiger partial charge in [-0.05, 0) is 6.92 Å². The van der Waals surface area contributed by atoms with Gasteiger partial charge in [-0.25, -0.2) is 4.79 Å². The van der Waals surface area contributed by atoms with Crippen LogP contribution in [0.1, 0.15) is 11.5 Å². The predicted octanol–water partition coefficient (Wildman–Crippen LogP) is -0.221. The Morgan fingerprint density at radius 2 is 2.30 bits per heavy atom. The fraction of sp³-hybridized carbons (Fsp3) is 0.500. The predicted molar refractivity (Wildman–Crippen MR) is 34.6 cm³/mol. The highest BCUT2D eigenvalue weighted by Crippen LogP contribution is 2.02. The van der Waals surface area contributed by atoms with Crippen LogP contribution >= 0.6 is 0 Å². The summed E-state index contributed by atoms with van der Waals surface area (Å²) in [6, 6.07) is 0. The second-order valence-corrected chi connectivity index (χ2v) is 2.09. The molecular formula is C6H9NO3. The average Bonchev–Trinajstić information content (AvgIpc) is 2.09. The molecule has 0 unspecified atom stereocenters. The van der Waals surface area contributed by atoms with E-state index >= 15 is 0 Å². The number of aliphatic hydroxyl groups excluding tert-OH is 1. The van der Waals surface area contributed by atoms with Gasteiger partial charge in [0.1, 0.15) is 5.76 Å². The van der Waals surface area contributed by atoms with Crippen molar-refractivity contribution in [3.63, 3.8) is 0 Å². The molecule has 1 rings (SSSR count). The largest absolute Gasteiger partial charge is 0.419 e. The molecule has 1 aromatic rings. The molecule has 0 spiro atoms. The summed E-state index contributed by atoms with van der Waals surface area (Å²) in [6.07, 6.45) is 0. The quantitative estimate of drug-likeness (QED) is 0.591. The van der Waals surface area contributed by atoms with Gasteiger partial charge in [-0.3, -0.25) is 4.57 Å². The van der Waals surface area contributed by atoms with Gasteiger partial charge in [0.15, 0.2) is 0 Å². The lowest BCUT2D eigenvalue weighted by atomic mass is 10.4. The smallest absolute Gasteiger partial charge is 0.413 e. The van der Waals surface area contributed by atoms with Gasteiger partial charge in [0, 0.05) is 7.05 Å². The van der Waals surface area contributed by atoms with E-state index in [1.54, 1.807) is 14.0 Å². The number of hydrogen-bond acceptors (Lipinski definition) is 3. The highest BCUT2D eigenvalue weighted by molar-refractivity contribution is 5.04. The zero-order chi connectivity index (χ0) is 7.72. The second kappa shape index (κ2) is 2.30. The molecule has 0 aromatic carbocycles. The van der Waals surface area contributed by atoms with Gasteiger partial charge < -0.3 is 9.52 Å². The molecule has 1 heterocycles. The van der Waals surface area contributed by atoms with E-state index in [2.05, 4.69) is 4.42 Å². The number of hydrogen-bond donors (Lipinski definition) is 1. The van der Waals surface area contributed by atoms with Gasteiger partial charge in [0.25, 0.3) is 0 Å². The Kier molecular flexibility index (Phi) is 1.63. The number of aryl methyl sites for hydroxylation is 1. The highest BCUT2D eigenvalue weighted by atomic mass is 16.4. The molecule has 0 radical (unpaired) electrons. The van der Waals surface area contributed by atoms with Crippen LogP contribution in [-0.4, -0.2) is 9.67 Å². The first-order chi connectivity index (χ1) is 4.66. The van der Waals surface area contributed by atoms with Gasteiger partial charge in [-0.1, -0.05) is 0 Å². The van der Waals surface area contributed by atoms with Crippen LogP contribution in [0.5, 0.6) is 0 Å². The van der Waals surface area contributed by atoms with E-state index in [9.17, 15) is 4.79 Å². The minimum absolute atomic E-state index is 0.159. The molecule has 10 heavy (non-hydrogen) atoms. The summed E-state index contributed by atoms with van der Waals surface area (Å²) >= 11 is 0. The molecule has 0 saturated carbocycles. The van der Waals surface area contributed by atoms with Crippen molar-refractivity contribution >= 4 is 0 Å². The Bertz CT molecular complexity index is 284. The molecule has 4 nitrogen and oxygen atoms in total. The third kappa shape index (κ3) is 0.863. The molecule has 0 atom stereocenters. The van der Waals surface area contributed by atoms with Gasteiger partial charge in [0.2, 0.25) is 0 Å². The van der Waals surface area contributed by atoms with E-state index < -0.39 is 5.76 Å². The normalized spacial score (nSPS) is 10.3. The standard InChI is InChI=1S/C6H9NO3/c1-4-5(3-8)7(2)6(9)10-4/h8H,3H2,1-2H3. The van der Waals surface area contributed by atoms with Crippen LogP contribution in [-0.2, 0) is 13.7 Å². The lowest BCUT2D eigenvalue weighted by molar-refractivity contribution is 0.271. The topological polar surface area (TPSA) is 55.4 Å². The first-order valence-electron chi connectivity index (χ1n) is 2.93. The first kappa shape index (κ1) is 7.08. The summed E-state index contributed by atoms with van der Waals surface area (Å²) in [4.78, 5) is 10.7. The zero-order valence-electron chi connectivity index (χ0n) is 5.92. The minimum Gasteiger partial charge on any atom is -0.413 e. The van der Waals surface area contributed by atoms with E-state index in [0.29, 0.717) is 11.5 Å². The van der Waals surface area contributed by atoms with Crippen LogP contribution < -0.4 is 5.76 Å². The van der Waals surface area contributed by atoms with Gasteiger partial charge in [0.05, 0.1) is 12.3 Å². The summed E-state index contributed by atoms with van der Waals surface area (Å²) in [5, 5.41) is 8.69. The number of aromatic nitrogens is 1. The molecule has 0 aliphatic heterocycles. The molecular weight excluding hydrogens is 134 g/mol. The van der Waals surface area contributed by atoms with Crippen molar-refractivity contribution in [3.8, 4) is 0 Å². The summed E-state index contributed by atoms with van der Waals surface area (Å²) < 4.78 is 5.97. The van der Waals surface area contributed by atoms with Crippen molar-refractivity contribution in [2.75, 3.05) is 0 Å². The minimum atomic E-state index is -0.429. The maximum atomic E-state index is 10.7. The van der Waals surface area contributed by atoms with Crippen LogP contribution in [0.15, 0.2) is 9.21 Å². The van der Waals surface area contributed by atoms with Crippen LogP contribution in [0, 0.1) is 6.92 Å². The van der Waals surface area contributed by atoms with Gasteiger partial charge >= 0.3 is 5.76 Å². The number of nitrogens with zero attached hydrogens (tertiary/aromatic N) is 1. The van der Waals surface area contributed by atoms with Gasteiger partial charge in [-0.15, -0.1) is 0 Å².